The topological polar surface area (TPSA) is 41.6 Å². The lowest BCUT2D eigenvalue weighted by molar-refractivity contribution is 0.0599. The molecule has 1 saturated carbocycles. The Kier molecular flexibility index (Phi) is 8.38. The van der Waals surface area contributed by atoms with Crippen LogP contribution in [0.15, 0.2) is 36.9 Å². The molecule has 0 spiro atoms. The highest BCUT2D eigenvalue weighted by Gasteiger charge is 2.30. The van der Waals surface area contributed by atoms with Crippen molar-refractivity contribution in [1.29, 1.82) is 0 Å². The minimum atomic E-state index is 0.0166. The molecule has 3 rings (SSSR count). The second-order valence-corrected chi connectivity index (χ2v) is 8.66. The van der Waals surface area contributed by atoms with E-state index in [4.69, 9.17) is 16.3 Å². The summed E-state index contributed by atoms with van der Waals surface area (Å²) in [5, 5.41) is 3.96. The summed E-state index contributed by atoms with van der Waals surface area (Å²) in [6.07, 6.45) is 9.02. The standard InChI is InChI=1S/C23H33ClN2O2/c1-2-14-28-17-18-6-5-13-26(15-18)16-20-7-3-4-8-22(20)25-23(27)19-9-11-21(24)12-10-19/h2,9-12,18,20,22H,1,3-8,13-17H2,(H,25,27)/t18?,20-,22+/m0/s1. The minimum absolute atomic E-state index is 0.0166. The number of likely N-dealkylation sites (tertiary alicyclic amines) is 1. The molecular weight excluding hydrogens is 372 g/mol. The van der Waals surface area contributed by atoms with Gasteiger partial charge in [-0.2, -0.15) is 0 Å². The number of amides is 1. The Morgan fingerprint density at radius 3 is 2.79 bits per heavy atom. The Hall–Kier alpha value is -1.36. The molecule has 1 unspecified atom stereocenters. The third kappa shape index (κ3) is 6.33. The summed E-state index contributed by atoms with van der Waals surface area (Å²) < 4.78 is 5.68. The van der Waals surface area contributed by atoms with Crippen molar-refractivity contribution in [3.63, 3.8) is 0 Å². The quantitative estimate of drug-likeness (QED) is 0.510. The fraction of sp³-hybridized carbons (Fsp3) is 0.609. The monoisotopic (exact) mass is 404 g/mol. The molecule has 1 N–H and O–H groups in total. The first-order chi connectivity index (χ1) is 13.7. The zero-order chi connectivity index (χ0) is 19.8. The summed E-state index contributed by atoms with van der Waals surface area (Å²) in [5.41, 5.74) is 0.686. The van der Waals surface area contributed by atoms with Gasteiger partial charge in [0.05, 0.1) is 13.2 Å². The molecule has 0 aromatic heterocycles. The minimum Gasteiger partial charge on any atom is -0.377 e. The number of nitrogens with one attached hydrogen (secondary N) is 1. The molecule has 28 heavy (non-hydrogen) atoms. The Bertz CT molecular complexity index is 634. The van der Waals surface area contributed by atoms with Crippen molar-refractivity contribution in [3.05, 3.63) is 47.5 Å². The van der Waals surface area contributed by atoms with Gasteiger partial charge in [-0.25, -0.2) is 0 Å². The predicted octanol–water partition coefficient (Wildman–Crippen LogP) is 4.54. The molecule has 1 saturated heterocycles. The first kappa shape index (κ1) is 21.4. The second kappa shape index (κ2) is 11.0. The second-order valence-electron chi connectivity index (χ2n) is 8.23. The Labute approximate surface area is 174 Å². The number of halogens is 1. The molecule has 3 atom stereocenters. The zero-order valence-corrected chi connectivity index (χ0v) is 17.5. The molecule has 154 valence electrons. The first-order valence-corrected chi connectivity index (χ1v) is 11.0. The van der Waals surface area contributed by atoms with Crippen LogP contribution in [0.3, 0.4) is 0 Å². The smallest absolute Gasteiger partial charge is 0.251 e. The SMILES string of the molecule is C=CCOCC1CCCN(C[C@@H]2CCCC[C@H]2NC(=O)c2ccc(Cl)cc2)C1. The van der Waals surface area contributed by atoms with Crippen LogP contribution in [-0.2, 0) is 4.74 Å². The van der Waals surface area contributed by atoms with E-state index in [0.29, 0.717) is 29.0 Å². The van der Waals surface area contributed by atoms with Gasteiger partial charge in [-0.15, -0.1) is 6.58 Å². The van der Waals surface area contributed by atoms with E-state index in [1.807, 2.05) is 6.08 Å². The van der Waals surface area contributed by atoms with Crippen LogP contribution in [0.1, 0.15) is 48.9 Å². The zero-order valence-electron chi connectivity index (χ0n) is 16.7. The fourth-order valence-corrected chi connectivity index (χ4v) is 4.70. The molecule has 1 aromatic rings. The maximum atomic E-state index is 12.7. The molecule has 1 aliphatic heterocycles. The largest absolute Gasteiger partial charge is 0.377 e. The van der Waals surface area contributed by atoms with E-state index in [1.165, 1.54) is 32.1 Å². The number of nitrogens with zero attached hydrogens (tertiary/aromatic N) is 1. The number of hydrogen-bond acceptors (Lipinski definition) is 3. The van der Waals surface area contributed by atoms with Crippen molar-refractivity contribution in [2.45, 2.75) is 44.6 Å². The van der Waals surface area contributed by atoms with Gasteiger partial charge in [0.1, 0.15) is 0 Å². The highest BCUT2D eigenvalue weighted by molar-refractivity contribution is 6.30. The molecular formula is C23H33ClN2O2. The van der Waals surface area contributed by atoms with Crippen LogP contribution in [0.5, 0.6) is 0 Å². The number of rotatable bonds is 8. The lowest BCUT2D eigenvalue weighted by Crippen LogP contribution is -2.48. The van der Waals surface area contributed by atoms with Crippen LogP contribution >= 0.6 is 11.6 Å². The molecule has 4 nitrogen and oxygen atoms in total. The van der Waals surface area contributed by atoms with Gasteiger partial charge in [-0.1, -0.05) is 30.5 Å². The third-order valence-electron chi connectivity index (χ3n) is 6.02. The number of piperidine rings is 1. The van der Waals surface area contributed by atoms with E-state index in [-0.39, 0.29) is 11.9 Å². The lowest BCUT2D eigenvalue weighted by atomic mass is 9.83. The molecule has 2 fully saturated rings. The van der Waals surface area contributed by atoms with Crippen molar-refractivity contribution in [1.82, 2.24) is 10.2 Å². The van der Waals surface area contributed by atoms with Gasteiger partial charge in [0.15, 0.2) is 0 Å². The average Bonchev–Trinajstić information content (AvgIpc) is 2.70. The molecule has 5 heteroatoms. The summed E-state index contributed by atoms with van der Waals surface area (Å²) in [6, 6.07) is 7.41. The molecule has 1 aliphatic carbocycles. The van der Waals surface area contributed by atoms with E-state index in [1.54, 1.807) is 24.3 Å². The molecule has 2 aliphatic rings. The normalized spacial score (nSPS) is 26.0. The van der Waals surface area contributed by atoms with E-state index in [2.05, 4.69) is 16.8 Å². The molecule has 1 amide bonds. The van der Waals surface area contributed by atoms with Crippen molar-refractivity contribution < 1.29 is 9.53 Å². The van der Waals surface area contributed by atoms with Gasteiger partial charge in [0.25, 0.3) is 5.91 Å². The van der Waals surface area contributed by atoms with E-state index in [0.717, 1.165) is 32.7 Å². The maximum Gasteiger partial charge on any atom is 0.251 e. The highest BCUT2D eigenvalue weighted by Crippen LogP contribution is 2.27. The van der Waals surface area contributed by atoms with Gasteiger partial charge in [0, 0.05) is 29.7 Å². The molecule has 1 heterocycles. The van der Waals surface area contributed by atoms with Crippen LogP contribution in [0.4, 0.5) is 0 Å². The number of carbonyl (C=O) groups is 1. The summed E-state index contributed by atoms with van der Waals surface area (Å²) in [7, 11) is 0. The van der Waals surface area contributed by atoms with Gasteiger partial charge in [-0.05, 0) is 68.3 Å². The van der Waals surface area contributed by atoms with E-state index >= 15 is 0 Å². The predicted molar refractivity (Wildman–Crippen MR) is 115 cm³/mol. The van der Waals surface area contributed by atoms with Crippen molar-refractivity contribution in [3.8, 4) is 0 Å². The molecule has 1 aromatic carbocycles. The van der Waals surface area contributed by atoms with Gasteiger partial charge >= 0.3 is 0 Å². The molecule has 0 radical (unpaired) electrons. The average molecular weight is 405 g/mol. The molecule has 0 bridgehead atoms. The van der Waals surface area contributed by atoms with E-state index < -0.39 is 0 Å². The summed E-state index contributed by atoms with van der Waals surface area (Å²) in [6.45, 7) is 8.51. The van der Waals surface area contributed by atoms with Crippen molar-refractivity contribution >= 4 is 17.5 Å². The number of benzene rings is 1. The summed E-state index contributed by atoms with van der Waals surface area (Å²) in [4.78, 5) is 15.3. The van der Waals surface area contributed by atoms with Gasteiger partial charge < -0.3 is 15.0 Å². The third-order valence-corrected chi connectivity index (χ3v) is 6.27. The first-order valence-electron chi connectivity index (χ1n) is 10.6. The van der Waals surface area contributed by atoms with Crippen LogP contribution in [0, 0.1) is 11.8 Å². The Morgan fingerprint density at radius 2 is 2.00 bits per heavy atom. The van der Waals surface area contributed by atoms with Gasteiger partial charge in [0.2, 0.25) is 0 Å². The van der Waals surface area contributed by atoms with Crippen molar-refractivity contribution in [2.24, 2.45) is 11.8 Å². The van der Waals surface area contributed by atoms with Gasteiger partial charge in [-0.3, -0.25) is 4.79 Å². The van der Waals surface area contributed by atoms with Crippen molar-refractivity contribution in [2.75, 3.05) is 32.8 Å². The highest BCUT2D eigenvalue weighted by atomic mass is 35.5. The summed E-state index contributed by atoms with van der Waals surface area (Å²) in [5.74, 6) is 1.15. The number of hydrogen-bond donors (Lipinski definition) is 1. The fourth-order valence-electron chi connectivity index (χ4n) is 4.57. The van der Waals surface area contributed by atoms with Crippen LogP contribution in [0.2, 0.25) is 5.02 Å². The van der Waals surface area contributed by atoms with Crippen LogP contribution in [0.25, 0.3) is 0 Å². The Morgan fingerprint density at radius 1 is 1.21 bits per heavy atom. The van der Waals surface area contributed by atoms with Crippen LogP contribution < -0.4 is 5.32 Å². The summed E-state index contributed by atoms with van der Waals surface area (Å²) >= 11 is 5.94. The number of carbonyl (C=O) groups excluding carboxylic acids is 1. The Balaban J connectivity index is 1.53. The number of ether oxygens (including phenoxy) is 1. The van der Waals surface area contributed by atoms with Crippen LogP contribution in [-0.4, -0.2) is 49.7 Å². The lowest BCUT2D eigenvalue weighted by Gasteiger charge is -2.39. The van der Waals surface area contributed by atoms with E-state index in [9.17, 15) is 4.79 Å². The maximum absolute atomic E-state index is 12.7.